The molecular formula is C27H34Cl2N4O5S. The van der Waals surface area contributed by atoms with Crippen molar-refractivity contribution in [3.63, 3.8) is 0 Å². The lowest BCUT2D eigenvalue weighted by atomic mass is 9.84. The summed E-state index contributed by atoms with van der Waals surface area (Å²) in [5.74, 6) is -1.58. The van der Waals surface area contributed by atoms with Crippen LogP contribution in [0, 0.1) is 12.8 Å². The van der Waals surface area contributed by atoms with Gasteiger partial charge in [-0.25, -0.2) is 14.6 Å². The van der Waals surface area contributed by atoms with Gasteiger partial charge in [-0.05, 0) is 69.1 Å². The van der Waals surface area contributed by atoms with Crippen molar-refractivity contribution in [1.82, 2.24) is 10.3 Å². The van der Waals surface area contributed by atoms with Gasteiger partial charge in [-0.3, -0.25) is 10.1 Å². The minimum atomic E-state index is -1.06. The number of aryl methyl sites for hydroxylation is 1. The fourth-order valence-corrected chi connectivity index (χ4v) is 7.21. The first-order valence-electron chi connectivity index (χ1n) is 13.3. The van der Waals surface area contributed by atoms with Crippen LogP contribution < -0.4 is 16.0 Å². The second-order valence-electron chi connectivity index (χ2n) is 10.3. The zero-order valence-corrected chi connectivity index (χ0v) is 24.3. The number of anilines is 2. The van der Waals surface area contributed by atoms with Gasteiger partial charge < -0.3 is 20.5 Å². The Morgan fingerprint density at radius 3 is 2.26 bits per heavy atom. The average molecular weight is 598 g/mol. The molecule has 3 amide bonds. The fourth-order valence-electron chi connectivity index (χ4n) is 5.42. The van der Waals surface area contributed by atoms with E-state index < -0.39 is 23.9 Å². The van der Waals surface area contributed by atoms with Crippen LogP contribution in [-0.2, 0) is 9.53 Å². The van der Waals surface area contributed by atoms with E-state index in [1.54, 1.807) is 19.2 Å². The summed E-state index contributed by atoms with van der Waals surface area (Å²) in [4.78, 5) is 43.3. The first kappa shape index (κ1) is 29.6. The Hall–Kier alpha value is -2.40. The summed E-state index contributed by atoms with van der Waals surface area (Å²) in [5.41, 5.74) is 1.08. The second kappa shape index (κ2) is 13.3. The van der Waals surface area contributed by atoms with E-state index in [1.165, 1.54) is 11.3 Å². The molecule has 1 heterocycles. The third kappa shape index (κ3) is 7.42. The second-order valence-corrected chi connectivity index (χ2v) is 12.2. The monoisotopic (exact) mass is 596 g/mol. The zero-order valence-electron chi connectivity index (χ0n) is 22.0. The Balaban J connectivity index is 1.57. The van der Waals surface area contributed by atoms with Gasteiger partial charge >= 0.3 is 12.0 Å². The molecule has 1 aromatic carbocycles. The molecule has 0 spiro atoms. The van der Waals surface area contributed by atoms with Gasteiger partial charge in [0.1, 0.15) is 10.9 Å². The summed E-state index contributed by atoms with van der Waals surface area (Å²) in [6.45, 7) is 1.83. The number of rotatable bonds is 8. The highest BCUT2D eigenvalue weighted by atomic mass is 35.5. The van der Waals surface area contributed by atoms with Gasteiger partial charge in [0.05, 0.1) is 26.8 Å². The molecule has 1 atom stereocenters. The van der Waals surface area contributed by atoms with Crippen molar-refractivity contribution in [2.24, 2.45) is 5.92 Å². The lowest BCUT2D eigenvalue weighted by molar-refractivity contribution is -0.141. The molecule has 2 aliphatic carbocycles. The number of hydrogen-bond acceptors (Lipinski definition) is 6. The molecule has 0 radical (unpaired) electrons. The van der Waals surface area contributed by atoms with Gasteiger partial charge in [0.2, 0.25) is 0 Å². The van der Waals surface area contributed by atoms with Crippen molar-refractivity contribution in [2.75, 3.05) is 17.7 Å². The molecular weight excluding hydrogens is 563 g/mol. The summed E-state index contributed by atoms with van der Waals surface area (Å²) in [6, 6.07) is 1.68. The van der Waals surface area contributed by atoms with E-state index in [0.29, 0.717) is 0 Å². The van der Waals surface area contributed by atoms with Crippen molar-refractivity contribution in [3.8, 4) is 0 Å². The number of benzene rings is 1. The molecule has 0 saturated heterocycles. The maximum Gasteiger partial charge on any atom is 0.326 e. The van der Waals surface area contributed by atoms with Crippen LogP contribution in [0.3, 0.4) is 0 Å². The SMILES string of the molecule is COC1CCC(c2nc(NC(=O)Nc3c(Cl)cc(C)cc3Cl)c(C(=O)N[C@H](C(=O)O)C3CCCCC3)s2)CC1. The van der Waals surface area contributed by atoms with E-state index in [1.807, 2.05) is 6.92 Å². The number of carbonyl (C=O) groups is 3. The first-order valence-corrected chi connectivity index (χ1v) is 14.8. The Morgan fingerprint density at radius 1 is 1.03 bits per heavy atom. The van der Waals surface area contributed by atoms with Crippen LogP contribution in [0.2, 0.25) is 10.0 Å². The third-order valence-corrected chi connectivity index (χ3v) is 9.35. The Kier molecular flexibility index (Phi) is 10.1. The van der Waals surface area contributed by atoms with Crippen molar-refractivity contribution in [2.45, 2.75) is 82.8 Å². The molecule has 1 aromatic heterocycles. The number of methoxy groups -OCH3 is 1. The number of carbonyl (C=O) groups excluding carboxylic acids is 2. The van der Waals surface area contributed by atoms with Crippen LogP contribution in [-0.4, -0.2) is 47.3 Å². The van der Waals surface area contributed by atoms with Crippen LogP contribution in [0.4, 0.5) is 16.3 Å². The van der Waals surface area contributed by atoms with Crippen molar-refractivity contribution in [3.05, 3.63) is 37.6 Å². The Morgan fingerprint density at radius 2 is 1.67 bits per heavy atom. The molecule has 4 N–H and O–H groups in total. The van der Waals surface area contributed by atoms with Gasteiger partial charge in [-0.15, -0.1) is 11.3 Å². The minimum Gasteiger partial charge on any atom is -0.480 e. The van der Waals surface area contributed by atoms with Crippen LogP contribution in [0.25, 0.3) is 0 Å². The average Bonchev–Trinajstić information content (AvgIpc) is 3.33. The number of aliphatic carboxylic acids is 1. The predicted octanol–water partition coefficient (Wildman–Crippen LogP) is 6.84. The lowest BCUT2D eigenvalue weighted by Gasteiger charge is -2.28. The number of hydrogen-bond donors (Lipinski definition) is 4. The van der Waals surface area contributed by atoms with E-state index >= 15 is 0 Å². The van der Waals surface area contributed by atoms with Crippen LogP contribution in [0.5, 0.6) is 0 Å². The predicted molar refractivity (Wildman–Crippen MR) is 153 cm³/mol. The summed E-state index contributed by atoms with van der Waals surface area (Å²) >= 11 is 13.8. The van der Waals surface area contributed by atoms with Crippen LogP contribution >= 0.6 is 34.5 Å². The molecule has 39 heavy (non-hydrogen) atoms. The molecule has 2 aliphatic rings. The fraction of sp³-hybridized carbons (Fsp3) is 0.556. The molecule has 2 fully saturated rings. The number of thiazole rings is 1. The quantitative estimate of drug-likeness (QED) is 0.264. The van der Waals surface area contributed by atoms with Crippen molar-refractivity contribution >= 4 is 64.0 Å². The van der Waals surface area contributed by atoms with Crippen molar-refractivity contribution < 1.29 is 24.2 Å². The normalized spacial score (nSPS) is 20.7. The molecule has 4 rings (SSSR count). The minimum absolute atomic E-state index is 0.0750. The number of nitrogens with zero attached hydrogens (tertiary/aromatic N) is 1. The summed E-state index contributed by atoms with van der Waals surface area (Å²) in [7, 11) is 1.70. The third-order valence-electron chi connectivity index (χ3n) is 7.54. The topological polar surface area (TPSA) is 130 Å². The smallest absolute Gasteiger partial charge is 0.326 e. The largest absolute Gasteiger partial charge is 0.480 e. The van der Waals surface area contributed by atoms with E-state index in [2.05, 4.69) is 20.9 Å². The maximum atomic E-state index is 13.5. The highest BCUT2D eigenvalue weighted by Gasteiger charge is 2.34. The number of ether oxygens (including phenoxy) is 1. The maximum absolute atomic E-state index is 13.5. The van der Waals surface area contributed by atoms with Gasteiger partial charge in [0.15, 0.2) is 5.82 Å². The van der Waals surface area contributed by atoms with Crippen LogP contribution in [0.15, 0.2) is 12.1 Å². The summed E-state index contributed by atoms with van der Waals surface area (Å²) in [5, 5.41) is 19.2. The molecule has 12 heteroatoms. The number of carboxylic acid groups (broad SMARTS) is 1. The first-order chi connectivity index (χ1) is 18.7. The van der Waals surface area contributed by atoms with E-state index in [4.69, 9.17) is 27.9 Å². The van der Waals surface area contributed by atoms with E-state index in [0.717, 1.165) is 68.4 Å². The number of aromatic nitrogens is 1. The van der Waals surface area contributed by atoms with Gasteiger partial charge in [-0.2, -0.15) is 0 Å². The van der Waals surface area contributed by atoms with Gasteiger partial charge in [-0.1, -0.05) is 42.5 Å². The summed E-state index contributed by atoms with van der Waals surface area (Å²) < 4.78 is 5.48. The Labute approximate surface area is 242 Å². The van der Waals surface area contributed by atoms with Crippen molar-refractivity contribution in [1.29, 1.82) is 0 Å². The number of nitrogens with one attached hydrogen (secondary N) is 3. The molecule has 2 saturated carbocycles. The molecule has 212 valence electrons. The number of halogens is 2. The van der Waals surface area contributed by atoms with Crippen LogP contribution in [0.1, 0.15) is 83.9 Å². The van der Waals surface area contributed by atoms with E-state index in [-0.39, 0.29) is 44.4 Å². The standard InChI is InChI=1S/C27H34Cl2N4O5S/c1-14-12-18(28)21(19(29)13-14)31-27(37)33-23-22(39-25(32-23)16-8-10-17(38-2)11-9-16)24(34)30-20(26(35)36)15-6-4-3-5-7-15/h12-13,15-17,20H,3-11H2,1-2H3,(H,30,34)(H,35,36)(H2,31,33,37)/t16?,17?,20-/m0/s1. The van der Waals surface area contributed by atoms with Gasteiger partial charge in [0.25, 0.3) is 5.91 Å². The lowest BCUT2D eigenvalue weighted by Crippen LogP contribution is -2.46. The van der Waals surface area contributed by atoms with Gasteiger partial charge in [0, 0.05) is 13.0 Å². The number of amides is 3. The van der Waals surface area contributed by atoms with E-state index in [9.17, 15) is 19.5 Å². The molecule has 2 aromatic rings. The molecule has 0 bridgehead atoms. The molecule has 9 nitrogen and oxygen atoms in total. The Bertz CT molecular complexity index is 1190. The zero-order chi connectivity index (χ0) is 28.1. The number of urea groups is 1. The summed E-state index contributed by atoms with van der Waals surface area (Å²) in [6.07, 6.45) is 8.07. The molecule has 0 aliphatic heterocycles. The highest BCUT2D eigenvalue weighted by molar-refractivity contribution is 7.14. The highest BCUT2D eigenvalue weighted by Crippen LogP contribution is 2.39. The molecule has 0 unspecified atom stereocenters. The number of carboxylic acids is 1.